The number of amides is 3. The van der Waals surface area contributed by atoms with E-state index in [1.54, 1.807) is 29.1 Å². The van der Waals surface area contributed by atoms with E-state index in [1.165, 1.54) is 22.1 Å². The second-order valence-corrected chi connectivity index (χ2v) is 11.9. The highest BCUT2D eigenvalue weighted by molar-refractivity contribution is 6.04. The number of nitrogens with zero attached hydrogens (tertiary/aromatic N) is 3. The van der Waals surface area contributed by atoms with Crippen molar-refractivity contribution in [3.63, 3.8) is 0 Å². The summed E-state index contributed by atoms with van der Waals surface area (Å²) in [6.45, 7) is 4.00. The molecule has 1 aromatic heterocycles. The van der Waals surface area contributed by atoms with Crippen molar-refractivity contribution < 1.29 is 19.5 Å². The highest BCUT2D eigenvalue weighted by Gasteiger charge is 2.50. The molecule has 4 aromatic rings. The number of benzene rings is 3. The predicted molar refractivity (Wildman–Crippen MR) is 164 cm³/mol. The summed E-state index contributed by atoms with van der Waals surface area (Å²) in [4.78, 5) is 44.6. The van der Waals surface area contributed by atoms with Crippen molar-refractivity contribution in [3.8, 4) is 5.75 Å². The third kappa shape index (κ3) is 5.24. The molecule has 222 valence electrons. The third-order valence-corrected chi connectivity index (χ3v) is 9.00. The van der Waals surface area contributed by atoms with E-state index >= 15 is 0 Å². The van der Waals surface area contributed by atoms with Gasteiger partial charge >= 0.3 is 0 Å². The van der Waals surface area contributed by atoms with Crippen LogP contribution in [-0.2, 0) is 34.3 Å². The summed E-state index contributed by atoms with van der Waals surface area (Å²) in [5, 5.41) is 21.6. The zero-order chi connectivity index (χ0) is 30.2. The van der Waals surface area contributed by atoms with E-state index in [-0.39, 0.29) is 35.1 Å². The normalized spacial score (nSPS) is 20.1. The van der Waals surface area contributed by atoms with Crippen molar-refractivity contribution in [1.82, 2.24) is 20.0 Å². The Morgan fingerprint density at radius 1 is 1.07 bits per heavy atom. The Balaban J connectivity index is 1.45. The largest absolute Gasteiger partial charge is 0.506 e. The number of aryl methyl sites for hydroxylation is 1. The minimum atomic E-state index is -1.13. The van der Waals surface area contributed by atoms with E-state index in [0.717, 1.165) is 17.3 Å². The molecule has 0 radical (unpaired) electrons. The van der Waals surface area contributed by atoms with Crippen LogP contribution in [0.5, 0.6) is 5.75 Å². The van der Waals surface area contributed by atoms with Gasteiger partial charge in [0.2, 0.25) is 11.8 Å². The lowest BCUT2D eigenvalue weighted by Gasteiger charge is -2.46. The molecule has 9 nitrogen and oxygen atoms in total. The highest BCUT2D eigenvalue weighted by Crippen LogP contribution is 2.37. The van der Waals surface area contributed by atoms with Gasteiger partial charge in [0.25, 0.3) is 5.91 Å². The number of nitrogens with one attached hydrogen (secondary N) is 2. The number of carbonyl (C=O) groups is 3. The fourth-order valence-electron chi connectivity index (χ4n) is 6.88. The second-order valence-electron chi connectivity index (χ2n) is 11.9. The van der Waals surface area contributed by atoms with Gasteiger partial charge < -0.3 is 20.6 Å². The van der Waals surface area contributed by atoms with Gasteiger partial charge in [-0.15, -0.1) is 0 Å². The lowest BCUT2D eigenvalue weighted by molar-refractivity contribution is -0.158. The average molecular weight is 580 g/mol. The van der Waals surface area contributed by atoms with E-state index in [9.17, 15) is 19.5 Å². The summed E-state index contributed by atoms with van der Waals surface area (Å²) in [7, 11) is 1.84. The van der Waals surface area contributed by atoms with Gasteiger partial charge in [0.1, 0.15) is 23.9 Å². The first-order chi connectivity index (χ1) is 20.8. The molecule has 1 unspecified atom stereocenters. The van der Waals surface area contributed by atoms with E-state index in [2.05, 4.69) is 27.9 Å². The lowest BCUT2D eigenvalue weighted by Crippen LogP contribution is -2.68. The molecule has 0 bridgehead atoms. The van der Waals surface area contributed by atoms with Gasteiger partial charge in [-0.3, -0.25) is 19.1 Å². The Bertz CT molecular complexity index is 1670. The van der Waals surface area contributed by atoms with Crippen LogP contribution in [-0.4, -0.2) is 49.6 Å². The summed E-state index contributed by atoms with van der Waals surface area (Å²) in [5.41, 5.74) is 4.04. The van der Waals surface area contributed by atoms with Gasteiger partial charge in [0.05, 0.1) is 17.4 Å². The molecular formula is C34H37N5O4. The molecule has 3 N–H and O–H groups in total. The zero-order valence-electron chi connectivity index (χ0n) is 24.7. The first-order valence-electron chi connectivity index (χ1n) is 15.0. The lowest BCUT2D eigenvalue weighted by atomic mass is 9.85. The first-order valence-corrected chi connectivity index (χ1v) is 15.0. The average Bonchev–Trinajstić information content (AvgIpc) is 3.59. The van der Waals surface area contributed by atoms with Crippen LogP contribution in [0.1, 0.15) is 49.4 Å². The molecule has 0 spiro atoms. The molecule has 43 heavy (non-hydrogen) atoms. The van der Waals surface area contributed by atoms with Crippen LogP contribution in [0.2, 0.25) is 0 Å². The Morgan fingerprint density at radius 3 is 2.47 bits per heavy atom. The summed E-state index contributed by atoms with van der Waals surface area (Å²) in [6, 6.07) is 17.4. The SMILES string of the molecule is CCC[C@H](C)[C@@H]1C(=O)N[C@H](C2Cc3ccccc3C2)C(=O)N1C(C(=O)Nc1ccccc1O)c1ccc2c(cnn2C)c1. The van der Waals surface area contributed by atoms with Gasteiger partial charge in [0.15, 0.2) is 0 Å². The molecule has 1 saturated heterocycles. The molecule has 1 fully saturated rings. The van der Waals surface area contributed by atoms with Crippen LogP contribution in [0.15, 0.2) is 72.9 Å². The maximum Gasteiger partial charge on any atom is 0.251 e. The predicted octanol–water partition coefficient (Wildman–Crippen LogP) is 4.51. The summed E-state index contributed by atoms with van der Waals surface area (Å²) in [5.74, 6) is -1.43. The molecular weight excluding hydrogens is 542 g/mol. The number of hydrogen-bond donors (Lipinski definition) is 3. The van der Waals surface area contributed by atoms with Crippen LogP contribution in [0.4, 0.5) is 5.69 Å². The number of carbonyl (C=O) groups excluding carboxylic acids is 3. The molecule has 2 aliphatic rings. The molecule has 9 heteroatoms. The van der Waals surface area contributed by atoms with Crippen LogP contribution in [0.3, 0.4) is 0 Å². The molecule has 2 heterocycles. The standard InChI is InChI=1S/C34H37N5O4/c1-4-9-20(2)30-32(41)37-29(24-16-21-10-5-6-11-22(21)17-24)34(43)39(30)31(33(42)36-26-12-7-8-13-28(26)40)23-14-15-27-25(18-23)19-35-38(27)3/h5-8,10-15,18-20,24,29-31,40H,4,9,16-17H2,1-3H3,(H,36,42)(H,37,41)/t20-,29+,30+,31?/m0/s1. The van der Waals surface area contributed by atoms with Crippen molar-refractivity contribution in [2.75, 3.05) is 5.32 Å². The summed E-state index contributed by atoms with van der Waals surface area (Å²) >= 11 is 0. The molecule has 4 atom stereocenters. The smallest absolute Gasteiger partial charge is 0.251 e. The summed E-state index contributed by atoms with van der Waals surface area (Å²) < 4.78 is 1.75. The number of anilines is 1. The second kappa shape index (κ2) is 11.6. The quantitative estimate of drug-likeness (QED) is 0.266. The van der Waals surface area contributed by atoms with E-state index in [1.807, 2.05) is 51.2 Å². The number of fused-ring (bicyclic) bond motifs is 2. The fourth-order valence-corrected chi connectivity index (χ4v) is 6.88. The van der Waals surface area contributed by atoms with Crippen LogP contribution in [0.25, 0.3) is 10.9 Å². The number of para-hydroxylation sites is 2. The molecule has 6 rings (SSSR count). The van der Waals surface area contributed by atoms with E-state index < -0.39 is 24.0 Å². The minimum absolute atomic E-state index is 0.0856. The molecule has 1 aliphatic carbocycles. The van der Waals surface area contributed by atoms with Crippen molar-refractivity contribution in [2.24, 2.45) is 18.9 Å². The van der Waals surface area contributed by atoms with E-state index in [0.29, 0.717) is 24.8 Å². The van der Waals surface area contributed by atoms with Crippen molar-refractivity contribution in [3.05, 3.63) is 89.6 Å². The Kier molecular flexibility index (Phi) is 7.64. The fraction of sp³-hybridized carbons (Fsp3) is 0.353. The maximum absolute atomic E-state index is 14.7. The molecule has 1 aliphatic heterocycles. The van der Waals surface area contributed by atoms with Gasteiger partial charge in [-0.25, -0.2) is 0 Å². The van der Waals surface area contributed by atoms with Crippen molar-refractivity contribution in [1.29, 1.82) is 0 Å². The van der Waals surface area contributed by atoms with Crippen molar-refractivity contribution >= 4 is 34.3 Å². The van der Waals surface area contributed by atoms with Gasteiger partial charge in [-0.2, -0.15) is 5.10 Å². The van der Waals surface area contributed by atoms with Crippen LogP contribution < -0.4 is 10.6 Å². The van der Waals surface area contributed by atoms with Gasteiger partial charge in [0, 0.05) is 12.4 Å². The zero-order valence-corrected chi connectivity index (χ0v) is 24.7. The van der Waals surface area contributed by atoms with E-state index in [4.69, 9.17) is 0 Å². The van der Waals surface area contributed by atoms with Crippen LogP contribution in [0, 0.1) is 11.8 Å². The maximum atomic E-state index is 14.7. The topological polar surface area (TPSA) is 117 Å². The minimum Gasteiger partial charge on any atom is -0.506 e. The molecule has 3 amide bonds. The van der Waals surface area contributed by atoms with Crippen molar-refractivity contribution in [2.45, 2.75) is 57.7 Å². The number of aromatic nitrogens is 2. The highest BCUT2D eigenvalue weighted by atomic mass is 16.3. The van der Waals surface area contributed by atoms with Gasteiger partial charge in [-0.05, 0) is 72.1 Å². The monoisotopic (exact) mass is 579 g/mol. The van der Waals surface area contributed by atoms with Crippen LogP contribution >= 0.6 is 0 Å². The number of piperazine rings is 1. The molecule has 0 saturated carbocycles. The number of hydrogen-bond acceptors (Lipinski definition) is 5. The number of phenolic OH excluding ortho intramolecular Hbond substituents is 1. The number of aromatic hydroxyl groups is 1. The Labute approximate surface area is 250 Å². The first kappa shape index (κ1) is 28.5. The summed E-state index contributed by atoms with van der Waals surface area (Å²) in [6.07, 6.45) is 4.59. The third-order valence-electron chi connectivity index (χ3n) is 9.00. The molecule has 3 aromatic carbocycles. The number of phenols is 1. The Hall–Kier alpha value is -4.66. The number of rotatable bonds is 8. The Morgan fingerprint density at radius 2 is 1.77 bits per heavy atom. The van der Waals surface area contributed by atoms with Gasteiger partial charge in [-0.1, -0.05) is 62.7 Å².